The fraction of sp³-hybridized carbons (Fsp3) is 0.769. The lowest BCUT2D eigenvalue weighted by Crippen LogP contribution is -2.06. The van der Waals surface area contributed by atoms with Crippen molar-refractivity contribution in [1.29, 1.82) is 0 Å². The molecule has 18 heavy (non-hydrogen) atoms. The van der Waals surface area contributed by atoms with Crippen LogP contribution in [0, 0.1) is 0 Å². The Labute approximate surface area is 107 Å². The molecule has 1 aliphatic rings. The molecule has 5 nitrogen and oxygen atoms in total. The molecule has 2 rings (SSSR count). The van der Waals surface area contributed by atoms with Gasteiger partial charge in [-0.25, -0.2) is 0 Å². The average molecular weight is 252 g/mol. The number of nitrogens with zero attached hydrogens (tertiary/aromatic N) is 2. The summed E-state index contributed by atoms with van der Waals surface area (Å²) < 4.78 is 9.68. The molecule has 0 atom stereocenters. The van der Waals surface area contributed by atoms with Crippen molar-refractivity contribution in [2.45, 2.75) is 57.3 Å². The van der Waals surface area contributed by atoms with Gasteiger partial charge in [0.1, 0.15) is 6.42 Å². The molecule has 100 valence electrons. The number of carbonyl (C=O) groups is 1. The molecule has 0 bridgehead atoms. The van der Waals surface area contributed by atoms with E-state index < -0.39 is 0 Å². The van der Waals surface area contributed by atoms with Gasteiger partial charge >= 0.3 is 5.97 Å². The maximum Gasteiger partial charge on any atom is 0.315 e. The van der Waals surface area contributed by atoms with Crippen molar-refractivity contribution in [3.8, 4) is 0 Å². The van der Waals surface area contributed by atoms with Crippen LogP contribution in [-0.2, 0) is 16.0 Å². The van der Waals surface area contributed by atoms with Gasteiger partial charge in [-0.15, -0.1) is 0 Å². The van der Waals surface area contributed by atoms with Crippen LogP contribution in [0.15, 0.2) is 4.52 Å². The molecule has 0 spiro atoms. The largest absolute Gasteiger partial charge is 0.469 e. The third-order valence-corrected chi connectivity index (χ3v) is 3.48. The van der Waals surface area contributed by atoms with Gasteiger partial charge in [0.25, 0.3) is 0 Å². The van der Waals surface area contributed by atoms with Crippen molar-refractivity contribution < 1.29 is 14.1 Å². The van der Waals surface area contributed by atoms with Gasteiger partial charge in [0.15, 0.2) is 5.82 Å². The Bertz CT molecular complexity index is 381. The van der Waals surface area contributed by atoms with Crippen LogP contribution >= 0.6 is 0 Å². The van der Waals surface area contributed by atoms with E-state index in [0.29, 0.717) is 11.8 Å². The first-order valence-electron chi connectivity index (χ1n) is 6.69. The number of esters is 1. The zero-order valence-corrected chi connectivity index (χ0v) is 10.9. The normalized spacial score (nSPS) is 18.1. The smallest absolute Gasteiger partial charge is 0.315 e. The summed E-state index contributed by atoms with van der Waals surface area (Å²) in [5, 5.41) is 4.01. The molecule has 1 aliphatic carbocycles. The molecule has 0 radical (unpaired) electrons. The predicted molar refractivity (Wildman–Crippen MR) is 65.1 cm³/mol. The second kappa shape index (κ2) is 6.52. The average Bonchev–Trinajstić information content (AvgIpc) is 2.77. The van der Waals surface area contributed by atoms with Crippen molar-refractivity contribution in [2.24, 2.45) is 0 Å². The van der Waals surface area contributed by atoms with Crippen LogP contribution in [0.3, 0.4) is 0 Å². The summed E-state index contributed by atoms with van der Waals surface area (Å²) in [6.07, 6.45) is 8.70. The topological polar surface area (TPSA) is 65.2 Å². The zero-order chi connectivity index (χ0) is 12.8. The van der Waals surface area contributed by atoms with Crippen molar-refractivity contribution in [2.75, 3.05) is 7.11 Å². The van der Waals surface area contributed by atoms with Crippen molar-refractivity contribution in [3.05, 3.63) is 11.7 Å². The highest BCUT2D eigenvalue weighted by Gasteiger charge is 2.20. The summed E-state index contributed by atoms with van der Waals surface area (Å²) in [6.45, 7) is 0. The molecule has 1 heterocycles. The molecule has 0 N–H and O–H groups in total. The standard InChI is InChI=1S/C13H20N2O3/c1-17-12(16)9-11-14-13(15-18-11)10-7-5-3-2-4-6-8-10/h10H,2-9H2,1H3. The molecule has 0 saturated heterocycles. The van der Waals surface area contributed by atoms with E-state index >= 15 is 0 Å². The van der Waals surface area contributed by atoms with Crippen molar-refractivity contribution in [1.82, 2.24) is 10.1 Å². The summed E-state index contributed by atoms with van der Waals surface area (Å²) in [6, 6.07) is 0. The Hall–Kier alpha value is -1.39. The molecular weight excluding hydrogens is 232 g/mol. The summed E-state index contributed by atoms with van der Waals surface area (Å²) in [4.78, 5) is 15.4. The number of methoxy groups -OCH3 is 1. The first-order valence-corrected chi connectivity index (χ1v) is 6.69. The van der Waals surface area contributed by atoms with E-state index in [9.17, 15) is 4.79 Å². The summed E-state index contributed by atoms with van der Waals surface area (Å²) >= 11 is 0. The van der Waals surface area contributed by atoms with Crippen LogP contribution in [0.25, 0.3) is 0 Å². The number of hydrogen-bond acceptors (Lipinski definition) is 5. The predicted octanol–water partition coefficient (Wildman–Crippen LogP) is 2.61. The third kappa shape index (κ3) is 3.55. The van der Waals surface area contributed by atoms with Crippen molar-refractivity contribution >= 4 is 5.97 Å². The van der Waals surface area contributed by atoms with Gasteiger partial charge in [0, 0.05) is 5.92 Å². The monoisotopic (exact) mass is 252 g/mol. The number of ether oxygens (including phenoxy) is 1. The van der Waals surface area contributed by atoms with Crippen LogP contribution in [0.2, 0.25) is 0 Å². The SMILES string of the molecule is COC(=O)Cc1nc(C2CCCCCCC2)no1. The second-order valence-corrected chi connectivity index (χ2v) is 4.84. The lowest BCUT2D eigenvalue weighted by atomic mass is 9.91. The minimum absolute atomic E-state index is 0.0657. The molecule has 0 aliphatic heterocycles. The third-order valence-electron chi connectivity index (χ3n) is 3.48. The highest BCUT2D eigenvalue weighted by molar-refractivity contribution is 5.71. The maximum absolute atomic E-state index is 11.1. The van der Waals surface area contributed by atoms with Gasteiger partial charge < -0.3 is 9.26 Å². The number of rotatable bonds is 3. The first kappa shape index (κ1) is 13.1. The van der Waals surface area contributed by atoms with Crippen LogP contribution in [0.4, 0.5) is 0 Å². The van der Waals surface area contributed by atoms with Gasteiger partial charge in [-0.1, -0.05) is 37.3 Å². The molecule has 0 amide bonds. The quantitative estimate of drug-likeness (QED) is 0.774. The van der Waals surface area contributed by atoms with E-state index in [4.69, 9.17) is 4.52 Å². The van der Waals surface area contributed by atoms with E-state index in [2.05, 4.69) is 14.9 Å². The Morgan fingerprint density at radius 1 is 1.28 bits per heavy atom. The maximum atomic E-state index is 11.1. The number of hydrogen-bond donors (Lipinski definition) is 0. The summed E-state index contributed by atoms with van der Waals surface area (Å²) in [5.41, 5.74) is 0. The summed E-state index contributed by atoms with van der Waals surface area (Å²) in [5.74, 6) is 1.16. The van der Waals surface area contributed by atoms with Crippen LogP contribution < -0.4 is 0 Å². The molecule has 1 fully saturated rings. The number of aromatic nitrogens is 2. The fourth-order valence-electron chi connectivity index (χ4n) is 2.42. The van der Waals surface area contributed by atoms with Gasteiger partial charge in [0.2, 0.25) is 5.89 Å². The van der Waals surface area contributed by atoms with E-state index in [1.807, 2.05) is 0 Å². The Balaban J connectivity index is 1.96. The molecule has 1 saturated carbocycles. The van der Waals surface area contributed by atoms with Gasteiger partial charge in [-0.3, -0.25) is 4.79 Å². The van der Waals surface area contributed by atoms with Gasteiger partial charge in [0.05, 0.1) is 7.11 Å². The zero-order valence-electron chi connectivity index (χ0n) is 10.9. The Morgan fingerprint density at radius 3 is 2.61 bits per heavy atom. The molecular formula is C13H20N2O3. The highest BCUT2D eigenvalue weighted by Crippen LogP contribution is 2.29. The summed E-state index contributed by atoms with van der Waals surface area (Å²) in [7, 11) is 1.36. The molecule has 0 aromatic carbocycles. The fourth-order valence-corrected chi connectivity index (χ4v) is 2.42. The Kier molecular flexibility index (Phi) is 4.73. The van der Waals surface area contributed by atoms with Crippen LogP contribution in [-0.4, -0.2) is 23.2 Å². The van der Waals surface area contributed by atoms with E-state index in [-0.39, 0.29) is 12.4 Å². The first-order chi connectivity index (χ1) is 8.79. The molecule has 5 heteroatoms. The van der Waals surface area contributed by atoms with E-state index in [0.717, 1.165) is 18.7 Å². The lowest BCUT2D eigenvalue weighted by molar-refractivity contribution is -0.140. The number of carbonyl (C=O) groups excluding carboxylic acids is 1. The molecule has 0 unspecified atom stereocenters. The van der Waals surface area contributed by atoms with Gasteiger partial charge in [-0.2, -0.15) is 4.98 Å². The molecule has 1 aromatic rings. The van der Waals surface area contributed by atoms with Crippen molar-refractivity contribution in [3.63, 3.8) is 0 Å². The van der Waals surface area contributed by atoms with Crippen LogP contribution in [0.5, 0.6) is 0 Å². The van der Waals surface area contributed by atoms with E-state index in [1.54, 1.807) is 0 Å². The minimum atomic E-state index is -0.345. The lowest BCUT2D eigenvalue weighted by Gasteiger charge is -2.15. The Morgan fingerprint density at radius 2 is 1.94 bits per heavy atom. The molecule has 1 aromatic heterocycles. The van der Waals surface area contributed by atoms with E-state index in [1.165, 1.54) is 39.2 Å². The highest BCUT2D eigenvalue weighted by atomic mass is 16.5. The second-order valence-electron chi connectivity index (χ2n) is 4.84. The van der Waals surface area contributed by atoms with Gasteiger partial charge in [-0.05, 0) is 12.8 Å². The minimum Gasteiger partial charge on any atom is -0.469 e. The van der Waals surface area contributed by atoms with Crippen LogP contribution in [0.1, 0.15) is 62.6 Å².